The molecule has 2 heterocycles. The average molecular weight is 298 g/mol. The molecule has 2 rings (SSSR count). The van der Waals surface area contributed by atoms with Gasteiger partial charge in [0.15, 0.2) is 0 Å². The first-order valence-corrected chi connectivity index (χ1v) is 8.95. The van der Waals surface area contributed by atoms with Crippen LogP contribution in [0.25, 0.3) is 0 Å². The summed E-state index contributed by atoms with van der Waals surface area (Å²) in [6.07, 6.45) is 4.17. The van der Waals surface area contributed by atoms with Gasteiger partial charge in [0.1, 0.15) is 5.54 Å². The summed E-state index contributed by atoms with van der Waals surface area (Å²) in [5, 5.41) is 2.97. The molecule has 2 saturated heterocycles. The van der Waals surface area contributed by atoms with Crippen molar-refractivity contribution in [2.75, 3.05) is 24.6 Å². The van der Waals surface area contributed by atoms with E-state index in [-0.39, 0.29) is 11.8 Å². The summed E-state index contributed by atoms with van der Waals surface area (Å²) >= 11 is 2.00. The van der Waals surface area contributed by atoms with E-state index in [4.69, 9.17) is 0 Å². The Hall–Kier alpha value is -0.710. The van der Waals surface area contributed by atoms with Crippen LogP contribution in [-0.2, 0) is 9.59 Å². The second-order valence-corrected chi connectivity index (χ2v) is 7.12. The van der Waals surface area contributed by atoms with E-state index in [1.165, 1.54) is 24.3 Å². The molecular formula is C15H26N2O2S. The van der Waals surface area contributed by atoms with E-state index >= 15 is 0 Å². The molecule has 1 N–H and O–H groups in total. The Morgan fingerprint density at radius 2 is 1.90 bits per heavy atom. The van der Waals surface area contributed by atoms with Gasteiger partial charge in [-0.2, -0.15) is 11.8 Å². The van der Waals surface area contributed by atoms with Crippen LogP contribution in [0.2, 0.25) is 0 Å². The molecule has 0 aromatic rings. The predicted molar refractivity (Wildman–Crippen MR) is 82.7 cm³/mol. The van der Waals surface area contributed by atoms with Crippen molar-refractivity contribution in [3.8, 4) is 0 Å². The fourth-order valence-electron chi connectivity index (χ4n) is 3.17. The highest BCUT2D eigenvalue weighted by Gasteiger charge is 2.42. The van der Waals surface area contributed by atoms with Crippen molar-refractivity contribution < 1.29 is 9.59 Å². The van der Waals surface area contributed by atoms with Crippen molar-refractivity contribution >= 4 is 23.6 Å². The van der Waals surface area contributed by atoms with Gasteiger partial charge >= 0.3 is 0 Å². The maximum Gasteiger partial charge on any atom is 0.248 e. The molecule has 0 saturated carbocycles. The molecule has 4 nitrogen and oxygen atoms in total. The topological polar surface area (TPSA) is 49.4 Å². The Bertz CT molecular complexity index is 363. The van der Waals surface area contributed by atoms with E-state index < -0.39 is 5.54 Å². The SMILES string of the molecule is CCC1(CC)NC(=O)CCN(CC2CCSCC2)C1=O. The first-order valence-electron chi connectivity index (χ1n) is 7.79. The van der Waals surface area contributed by atoms with Gasteiger partial charge in [0.25, 0.3) is 0 Å². The third kappa shape index (κ3) is 3.30. The monoisotopic (exact) mass is 298 g/mol. The standard InChI is InChI=1S/C15H26N2O2S/c1-3-15(4-2)14(19)17(8-5-13(18)16-15)11-12-6-9-20-10-7-12/h12H,3-11H2,1-2H3,(H,16,18). The molecule has 20 heavy (non-hydrogen) atoms. The van der Waals surface area contributed by atoms with Crippen LogP contribution >= 0.6 is 11.8 Å². The number of nitrogens with one attached hydrogen (secondary N) is 1. The molecule has 0 spiro atoms. The normalized spacial score (nSPS) is 24.4. The van der Waals surface area contributed by atoms with Gasteiger partial charge in [0.05, 0.1) is 0 Å². The van der Waals surface area contributed by atoms with Gasteiger partial charge in [0.2, 0.25) is 11.8 Å². The van der Waals surface area contributed by atoms with Crippen LogP contribution in [0.15, 0.2) is 0 Å². The Morgan fingerprint density at radius 3 is 2.50 bits per heavy atom. The number of amides is 2. The van der Waals surface area contributed by atoms with Crippen molar-refractivity contribution in [3.05, 3.63) is 0 Å². The minimum atomic E-state index is -0.670. The molecule has 0 aromatic heterocycles. The van der Waals surface area contributed by atoms with Crippen LogP contribution in [-0.4, -0.2) is 46.8 Å². The molecule has 2 aliphatic rings. The molecule has 0 unspecified atom stereocenters. The molecule has 0 bridgehead atoms. The maximum absolute atomic E-state index is 12.9. The van der Waals surface area contributed by atoms with Crippen molar-refractivity contribution in [2.24, 2.45) is 5.92 Å². The maximum atomic E-state index is 12.9. The van der Waals surface area contributed by atoms with Crippen molar-refractivity contribution in [1.29, 1.82) is 0 Å². The average Bonchev–Trinajstić information content (AvgIpc) is 2.60. The zero-order chi connectivity index (χ0) is 14.6. The summed E-state index contributed by atoms with van der Waals surface area (Å²) in [5.41, 5.74) is -0.670. The molecule has 0 radical (unpaired) electrons. The fraction of sp³-hybridized carbons (Fsp3) is 0.867. The Balaban J connectivity index is 2.10. The number of hydrogen-bond acceptors (Lipinski definition) is 3. The van der Waals surface area contributed by atoms with Gasteiger partial charge in [-0.1, -0.05) is 13.8 Å². The van der Waals surface area contributed by atoms with Crippen LogP contribution in [0.3, 0.4) is 0 Å². The lowest BCUT2D eigenvalue weighted by atomic mass is 9.90. The third-order valence-corrected chi connectivity index (χ3v) is 5.76. The van der Waals surface area contributed by atoms with E-state index in [2.05, 4.69) is 5.32 Å². The van der Waals surface area contributed by atoms with E-state index in [0.717, 1.165) is 6.54 Å². The Morgan fingerprint density at radius 1 is 1.25 bits per heavy atom. The molecule has 5 heteroatoms. The largest absolute Gasteiger partial charge is 0.342 e. The van der Waals surface area contributed by atoms with Crippen molar-refractivity contribution in [2.45, 2.75) is 51.5 Å². The van der Waals surface area contributed by atoms with Crippen molar-refractivity contribution in [1.82, 2.24) is 10.2 Å². The first kappa shape index (κ1) is 15.7. The predicted octanol–water partition coefficient (Wildman–Crippen LogP) is 2.04. The number of hydrogen-bond donors (Lipinski definition) is 1. The zero-order valence-electron chi connectivity index (χ0n) is 12.6. The number of carbonyl (C=O) groups excluding carboxylic acids is 2. The minimum absolute atomic E-state index is 0.0174. The quantitative estimate of drug-likeness (QED) is 0.864. The highest BCUT2D eigenvalue weighted by atomic mass is 32.2. The van der Waals surface area contributed by atoms with Gasteiger partial charge < -0.3 is 10.2 Å². The van der Waals surface area contributed by atoms with Gasteiger partial charge in [-0.25, -0.2) is 0 Å². The van der Waals surface area contributed by atoms with Gasteiger partial charge in [-0.05, 0) is 43.1 Å². The molecule has 0 aromatic carbocycles. The summed E-state index contributed by atoms with van der Waals surface area (Å²) in [6.45, 7) is 5.39. The molecule has 2 amide bonds. The number of thioether (sulfide) groups is 1. The molecular weight excluding hydrogens is 272 g/mol. The highest BCUT2D eigenvalue weighted by molar-refractivity contribution is 7.99. The van der Waals surface area contributed by atoms with Crippen LogP contribution < -0.4 is 5.32 Å². The Kier molecular flexibility index (Phi) is 5.35. The van der Waals surface area contributed by atoms with Crippen molar-refractivity contribution in [3.63, 3.8) is 0 Å². The molecule has 0 atom stereocenters. The number of rotatable bonds is 4. The fourth-order valence-corrected chi connectivity index (χ4v) is 4.37. The number of carbonyl (C=O) groups is 2. The second kappa shape index (κ2) is 6.83. The summed E-state index contributed by atoms with van der Waals surface area (Å²) in [7, 11) is 0. The van der Waals surface area contributed by atoms with E-state index in [1.54, 1.807) is 0 Å². The third-order valence-electron chi connectivity index (χ3n) is 4.71. The van der Waals surface area contributed by atoms with E-state index in [9.17, 15) is 9.59 Å². The Labute approximate surface area is 126 Å². The minimum Gasteiger partial charge on any atom is -0.342 e. The van der Waals surface area contributed by atoms with Gasteiger partial charge in [0, 0.05) is 19.5 Å². The lowest BCUT2D eigenvalue weighted by Gasteiger charge is -2.36. The van der Waals surface area contributed by atoms with Gasteiger partial charge in [-0.3, -0.25) is 9.59 Å². The number of nitrogens with zero attached hydrogens (tertiary/aromatic N) is 1. The molecule has 2 aliphatic heterocycles. The molecule has 0 aliphatic carbocycles. The summed E-state index contributed by atoms with van der Waals surface area (Å²) in [5.74, 6) is 3.17. The van der Waals surface area contributed by atoms with E-state index in [0.29, 0.717) is 31.7 Å². The first-order chi connectivity index (χ1) is 9.61. The van der Waals surface area contributed by atoms with Crippen LogP contribution in [0.1, 0.15) is 46.0 Å². The second-order valence-electron chi connectivity index (χ2n) is 5.89. The summed E-state index contributed by atoms with van der Waals surface area (Å²) < 4.78 is 0. The summed E-state index contributed by atoms with van der Waals surface area (Å²) in [6, 6.07) is 0. The van der Waals surface area contributed by atoms with Gasteiger partial charge in [-0.15, -0.1) is 0 Å². The van der Waals surface area contributed by atoms with E-state index in [1.807, 2.05) is 30.5 Å². The summed E-state index contributed by atoms with van der Waals surface area (Å²) in [4.78, 5) is 26.7. The smallest absolute Gasteiger partial charge is 0.248 e. The molecule has 2 fully saturated rings. The lowest BCUT2D eigenvalue weighted by Crippen LogP contribution is -2.57. The lowest BCUT2D eigenvalue weighted by molar-refractivity contribution is -0.139. The molecule has 114 valence electrons. The zero-order valence-corrected chi connectivity index (χ0v) is 13.4. The van der Waals surface area contributed by atoms with Crippen LogP contribution in [0, 0.1) is 5.92 Å². The van der Waals surface area contributed by atoms with Crippen LogP contribution in [0.4, 0.5) is 0 Å². The highest BCUT2D eigenvalue weighted by Crippen LogP contribution is 2.27. The van der Waals surface area contributed by atoms with Crippen LogP contribution in [0.5, 0.6) is 0 Å².